The van der Waals surface area contributed by atoms with E-state index >= 15 is 0 Å². The van der Waals surface area contributed by atoms with Gasteiger partial charge in [0.1, 0.15) is 0 Å². The Morgan fingerprint density at radius 1 is 0.867 bits per heavy atom. The summed E-state index contributed by atoms with van der Waals surface area (Å²) in [6, 6.07) is 25.5. The highest BCUT2D eigenvalue weighted by molar-refractivity contribution is 6.30. The molecule has 0 aliphatic heterocycles. The highest BCUT2D eigenvalue weighted by Crippen LogP contribution is 2.30. The molecule has 5 nitrogen and oxygen atoms in total. The molecule has 30 heavy (non-hydrogen) atoms. The van der Waals surface area contributed by atoms with E-state index in [1.165, 1.54) is 6.92 Å². The number of rotatable bonds is 5. The van der Waals surface area contributed by atoms with E-state index < -0.39 is 5.91 Å². The van der Waals surface area contributed by atoms with Crippen LogP contribution in [0.5, 0.6) is 0 Å². The molecule has 1 amide bonds. The third-order valence-electron chi connectivity index (χ3n) is 4.60. The molecule has 0 radical (unpaired) electrons. The fraction of sp³-hybridized carbons (Fsp3) is 0.0417. The van der Waals surface area contributed by atoms with Gasteiger partial charge in [-0.15, -0.1) is 0 Å². The molecule has 0 saturated carbocycles. The first-order valence-electron chi connectivity index (χ1n) is 9.36. The summed E-state index contributed by atoms with van der Waals surface area (Å²) in [4.78, 5) is 25.7. The Bertz CT molecular complexity index is 1200. The molecule has 6 heteroatoms. The molecule has 0 atom stereocenters. The number of benzene rings is 3. The Kier molecular flexibility index (Phi) is 5.46. The minimum atomic E-state index is -0.448. The van der Waals surface area contributed by atoms with Crippen LogP contribution < -0.4 is 5.32 Å². The molecule has 3 aromatic carbocycles. The van der Waals surface area contributed by atoms with Gasteiger partial charge in [0.05, 0.1) is 16.9 Å². The van der Waals surface area contributed by atoms with Crippen molar-refractivity contribution in [3.8, 4) is 16.9 Å². The number of nitrogens with one attached hydrogen (secondary N) is 1. The van der Waals surface area contributed by atoms with Crippen molar-refractivity contribution < 1.29 is 9.59 Å². The van der Waals surface area contributed by atoms with Crippen LogP contribution in [-0.2, 0) is 0 Å². The average molecular weight is 416 g/mol. The molecule has 1 aromatic heterocycles. The van der Waals surface area contributed by atoms with Gasteiger partial charge in [0.2, 0.25) is 0 Å². The van der Waals surface area contributed by atoms with E-state index in [-0.39, 0.29) is 17.0 Å². The van der Waals surface area contributed by atoms with Crippen molar-refractivity contribution >= 4 is 29.0 Å². The Morgan fingerprint density at radius 2 is 1.47 bits per heavy atom. The second kappa shape index (κ2) is 8.35. The SMILES string of the molecule is CC(=O)c1c(C(=O)Nc2ccccc2)nn(-c2ccc(Cl)cc2)c1-c1ccccc1. The fourth-order valence-electron chi connectivity index (χ4n) is 3.25. The number of aromatic nitrogens is 2. The number of nitrogens with zero attached hydrogens (tertiary/aromatic N) is 2. The van der Waals surface area contributed by atoms with Crippen molar-refractivity contribution in [2.75, 3.05) is 5.32 Å². The predicted molar refractivity (Wildman–Crippen MR) is 118 cm³/mol. The molecule has 0 aliphatic rings. The van der Waals surface area contributed by atoms with Crippen molar-refractivity contribution in [3.05, 3.63) is 101 Å². The van der Waals surface area contributed by atoms with Gasteiger partial charge in [-0.1, -0.05) is 60.1 Å². The lowest BCUT2D eigenvalue weighted by Crippen LogP contribution is -2.16. The van der Waals surface area contributed by atoms with Crippen LogP contribution in [0.3, 0.4) is 0 Å². The number of hydrogen-bond donors (Lipinski definition) is 1. The number of Topliss-reactive ketones (excluding diaryl/α,β-unsaturated/α-hetero) is 1. The van der Waals surface area contributed by atoms with Crippen LogP contribution >= 0.6 is 11.6 Å². The summed E-state index contributed by atoms with van der Waals surface area (Å²) in [6.45, 7) is 1.44. The van der Waals surface area contributed by atoms with Crippen LogP contribution in [0.4, 0.5) is 5.69 Å². The maximum absolute atomic E-state index is 13.1. The van der Waals surface area contributed by atoms with Crippen molar-refractivity contribution in [1.29, 1.82) is 0 Å². The number of hydrogen-bond acceptors (Lipinski definition) is 3. The van der Waals surface area contributed by atoms with Crippen LogP contribution in [0, 0.1) is 0 Å². The Labute approximate surface area is 178 Å². The summed E-state index contributed by atoms with van der Waals surface area (Å²) in [5.41, 5.74) is 3.00. The Morgan fingerprint density at radius 3 is 2.07 bits per heavy atom. The van der Waals surface area contributed by atoms with Gasteiger partial charge in [-0.2, -0.15) is 5.10 Å². The van der Waals surface area contributed by atoms with E-state index in [0.29, 0.717) is 22.1 Å². The molecule has 0 bridgehead atoms. The lowest BCUT2D eigenvalue weighted by molar-refractivity contribution is 0.0983. The summed E-state index contributed by atoms with van der Waals surface area (Å²) in [5.74, 6) is -0.691. The first-order valence-corrected chi connectivity index (χ1v) is 9.74. The van der Waals surface area contributed by atoms with Crippen LogP contribution in [0.25, 0.3) is 16.9 Å². The lowest BCUT2D eigenvalue weighted by atomic mass is 10.0. The molecule has 0 spiro atoms. The number of carbonyl (C=O) groups excluding carboxylic acids is 2. The Balaban J connectivity index is 1.91. The summed E-state index contributed by atoms with van der Waals surface area (Å²) < 4.78 is 1.61. The molecular formula is C24H18ClN3O2. The molecule has 0 fully saturated rings. The molecule has 1 heterocycles. The van der Waals surface area contributed by atoms with Crippen molar-refractivity contribution in [1.82, 2.24) is 9.78 Å². The first-order chi connectivity index (χ1) is 14.5. The second-order valence-electron chi connectivity index (χ2n) is 6.70. The zero-order valence-corrected chi connectivity index (χ0v) is 16.9. The normalized spacial score (nSPS) is 10.6. The zero-order valence-electron chi connectivity index (χ0n) is 16.2. The maximum Gasteiger partial charge on any atom is 0.276 e. The molecule has 4 rings (SSSR count). The maximum atomic E-state index is 13.1. The van der Waals surface area contributed by atoms with Crippen molar-refractivity contribution in [2.24, 2.45) is 0 Å². The Hall–Kier alpha value is -3.70. The van der Waals surface area contributed by atoms with Gasteiger partial charge in [0.15, 0.2) is 11.5 Å². The van der Waals surface area contributed by atoms with Gasteiger partial charge >= 0.3 is 0 Å². The lowest BCUT2D eigenvalue weighted by Gasteiger charge is -2.09. The third-order valence-corrected chi connectivity index (χ3v) is 4.85. The van der Waals surface area contributed by atoms with Crippen LogP contribution in [-0.4, -0.2) is 21.5 Å². The van der Waals surface area contributed by atoms with E-state index in [1.807, 2.05) is 48.5 Å². The molecule has 0 saturated heterocycles. The average Bonchev–Trinajstić information content (AvgIpc) is 3.17. The highest BCUT2D eigenvalue weighted by Gasteiger charge is 2.27. The number of amides is 1. The number of halogens is 1. The third kappa shape index (κ3) is 3.88. The summed E-state index contributed by atoms with van der Waals surface area (Å²) in [5, 5.41) is 7.95. The van der Waals surface area contributed by atoms with E-state index in [4.69, 9.17) is 11.6 Å². The van der Waals surface area contributed by atoms with Gasteiger partial charge in [-0.05, 0) is 43.3 Å². The highest BCUT2D eigenvalue weighted by atomic mass is 35.5. The van der Waals surface area contributed by atoms with Crippen LogP contribution in [0.2, 0.25) is 5.02 Å². The summed E-state index contributed by atoms with van der Waals surface area (Å²) in [7, 11) is 0. The topological polar surface area (TPSA) is 64.0 Å². The molecule has 148 valence electrons. The first kappa shape index (κ1) is 19.6. The van der Waals surface area contributed by atoms with Crippen molar-refractivity contribution in [3.63, 3.8) is 0 Å². The fourth-order valence-corrected chi connectivity index (χ4v) is 3.38. The van der Waals surface area contributed by atoms with E-state index in [0.717, 1.165) is 5.56 Å². The summed E-state index contributed by atoms with van der Waals surface area (Å²) in [6.07, 6.45) is 0. The molecule has 4 aromatic rings. The van der Waals surface area contributed by atoms with Gasteiger partial charge in [0.25, 0.3) is 5.91 Å². The van der Waals surface area contributed by atoms with Crippen LogP contribution in [0.15, 0.2) is 84.9 Å². The number of carbonyl (C=O) groups is 2. The van der Waals surface area contributed by atoms with E-state index in [9.17, 15) is 9.59 Å². The largest absolute Gasteiger partial charge is 0.321 e. The van der Waals surface area contributed by atoms with Crippen molar-refractivity contribution in [2.45, 2.75) is 6.92 Å². The smallest absolute Gasteiger partial charge is 0.276 e. The minimum absolute atomic E-state index is 0.0696. The van der Waals surface area contributed by atoms with E-state index in [2.05, 4.69) is 10.4 Å². The quantitative estimate of drug-likeness (QED) is 0.428. The second-order valence-corrected chi connectivity index (χ2v) is 7.14. The van der Waals surface area contributed by atoms with E-state index in [1.54, 1.807) is 41.1 Å². The molecular weight excluding hydrogens is 398 g/mol. The monoisotopic (exact) mass is 415 g/mol. The number of ketones is 1. The number of anilines is 1. The zero-order chi connectivity index (χ0) is 21.1. The van der Waals surface area contributed by atoms with Gasteiger partial charge in [0, 0.05) is 16.3 Å². The van der Waals surface area contributed by atoms with Crippen LogP contribution in [0.1, 0.15) is 27.8 Å². The molecule has 0 aliphatic carbocycles. The minimum Gasteiger partial charge on any atom is -0.321 e. The van der Waals surface area contributed by atoms with Gasteiger partial charge < -0.3 is 5.32 Å². The molecule has 1 N–H and O–H groups in total. The number of para-hydroxylation sites is 1. The summed E-state index contributed by atoms with van der Waals surface area (Å²) >= 11 is 6.04. The van der Waals surface area contributed by atoms with Gasteiger partial charge in [-0.25, -0.2) is 4.68 Å². The van der Waals surface area contributed by atoms with Gasteiger partial charge in [-0.3, -0.25) is 9.59 Å². The standard InChI is InChI=1S/C24H18ClN3O2/c1-16(29)21-22(24(30)26-19-10-6-3-7-11-19)27-28(20-14-12-18(25)13-15-20)23(21)17-8-4-2-5-9-17/h2-15H,1H3,(H,26,30). The molecule has 0 unspecified atom stereocenters. The predicted octanol–water partition coefficient (Wildman–Crippen LogP) is 5.65.